The molecule has 3 heteroatoms. The molecular formula is C10H16N2O. The van der Waals surface area contributed by atoms with Gasteiger partial charge in [0.1, 0.15) is 6.10 Å². The Balaban J connectivity index is 2.73. The van der Waals surface area contributed by atoms with E-state index in [-0.39, 0.29) is 6.17 Å². The van der Waals surface area contributed by atoms with Crippen molar-refractivity contribution >= 4 is 0 Å². The molecule has 0 bridgehead atoms. The van der Waals surface area contributed by atoms with Crippen LogP contribution in [-0.2, 0) is 0 Å². The molecule has 1 aromatic rings. The Kier molecular flexibility index (Phi) is 3.42. The van der Waals surface area contributed by atoms with Crippen molar-refractivity contribution in [2.75, 3.05) is 14.1 Å². The summed E-state index contributed by atoms with van der Waals surface area (Å²) in [6, 6.07) is 9.43. The van der Waals surface area contributed by atoms with Crippen LogP contribution in [0.25, 0.3) is 0 Å². The number of aliphatic hydroxyl groups excluding tert-OH is 1. The molecule has 13 heavy (non-hydrogen) atoms. The van der Waals surface area contributed by atoms with Crippen molar-refractivity contribution in [3.8, 4) is 0 Å². The van der Waals surface area contributed by atoms with Gasteiger partial charge in [-0.15, -0.1) is 0 Å². The molecule has 0 amide bonds. The number of benzene rings is 1. The van der Waals surface area contributed by atoms with Gasteiger partial charge < -0.3 is 10.8 Å². The molecule has 0 aliphatic heterocycles. The first kappa shape index (κ1) is 10.2. The molecule has 0 radical (unpaired) electrons. The highest BCUT2D eigenvalue weighted by molar-refractivity contribution is 5.18. The van der Waals surface area contributed by atoms with E-state index < -0.39 is 6.10 Å². The third-order valence-corrected chi connectivity index (χ3v) is 2.06. The Morgan fingerprint density at radius 2 is 1.77 bits per heavy atom. The summed E-state index contributed by atoms with van der Waals surface area (Å²) >= 11 is 0. The van der Waals surface area contributed by atoms with E-state index in [4.69, 9.17) is 5.73 Å². The first-order valence-electron chi connectivity index (χ1n) is 4.28. The molecule has 1 aromatic carbocycles. The normalized spacial score (nSPS) is 15.8. The Morgan fingerprint density at radius 3 is 2.23 bits per heavy atom. The second-order valence-corrected chi connectivity index (χ2v) is 3.31. The number of hydrogen-bond donors (Lipinski definition) is 2. The standard InChI is InChI=1S/C10H16N2O/c1-12(2)10(11)9(13)8-6-4-3-5-7-8/h3-7,9-10,13H,11H2,1-2H3/t9-,10-/m1/s1. The second-order valence-electron chi connectivity index (χ2n) is 3.31. The van der Waals surface area contributed by atoms with Crippen molar-refractivity contribution in [3.05, 3.63) is 35.9 Å². The van der Waals surface area contributed by atoms with E-state index in [1.807, 2.05) is 44.4 Å². The zero-order valence-electron chi connectivity index (χ0n) is 8.01. The van der Waals surface area contributed by atoms with Crippen LogP contribution in [0.4, 0.5) is 0 Å². The average Bonchev–Trinajstić information content (AvgIpc) is 2.17. The lowest BCUT2D eigenvalue weighted by Gasteiger charge is -2.25. The fourth-order valence-electron chi connectivity index (χ4n) is 1.13. The van der Waals surface area contributed by atoms with Crippen molar-refractivity contribution in [2.24, 2.45) is 5.73 Å². The molecule has 0 saturated carbocycles. The predicted octanol–water partition coefficient (Wildman–Crippen LogP) is 0.566. The Hall–Kier alpha value is -0.900. The molecule has 0 saturated heterocycles. The summed E-state index contributed by atoms with van der Waals surface area (Å²) in [6.45, 7) is 0. The summed E-state index contributed by atoms with van der Waals surface area (Å²) in [7, 11) is 3.69. The molecule has 0 aliphatic rings. The SMILES string of the molecule is CN(C)[C@@H](N)[C@H](O)c1ccccc1. The van der Waals surface area contributed by atoms with Crippen LogP contribution in [0.1, 0.15) is 11.7 Å². The maximum Gasteiger partial charge on any atom is 0.107 e. The summed E-state index contributed by atoms with van der Waals surface area (Å²) in [4.78, 5) is 1.79. The Labute approximate surface area is 78.8 Å². The Bertz CT molecular complexity index is 248. The van der Waals surface area contributed by atoms with Crippen molar-refractivity contribution < 1.29 is 5.11 Å². The molecule has 0 spiro atoms. The first-order valence-corrected chi connectivity index (χ1v) is 4.28. The van der Waals surface area contributed by atoms with E-state index in [0.29, 0.717) is 0 Å². The number of nitrogens with two attached hydrogens (primary N) is 1. The monoisotopic (exact) mass is 180 g/mol. The smallest absolute Gasteiger partial charge is 0.107 e. The summed E-state index contributed by atoms with van der Waals surface area (Å²) in [5.41, 5.74) is 6.62. The van der Waals surface area contributed by atoms with E-state index >= 15 is 0 Å². The van der Waals surface area contributed by atoms with Gasteiger partial charge in [-0.05, 0) is 19.7 Å². The van der Waals surface area contributed by atoms with Crippen molar-refractivity contribution in [1.29, 1.82) is 0 Å². The summed E-state index contributed by atoms with van der Waals surface area (Å²) in [5.74, 6) is 0. The summed E-state index contributed by atoms with van der Waals surface area (Å²) < 4.78 is 0. The molecule has 2 atom stereocenters. The van der Waals surface area contributed by atoms with Gasteiger partial charge in [-0.2, -0.15) is 0 Å². The van der Waals surface area contributed by atoms with Crippen LogP contribution in [0.15, 0.2) is 30.3 Å². The number of likely N-dealkylation sites (N-methyl/N-ethyl adjacent to an activating group) is 1. The van der Waals surface area contributed by atoms with E-state index in [9.17, 15) is 5.11 Å². The number of hydrogen-bond acceptors (Lipinski definition) is 3. The first-order chi connectivity index (χ1) is 6.13. The van der Waals surface area contributed by atoms with Crippen molar-refractivity contribution in [1.82, 2.24) is 4.90 Å². The van der Waals surface area contributed by atoms with Gasteiger partial charge >= 0.3 is 0 Å². The zero-order valence-corrected chi connectivity index (χ0v) is 8.01. The van der Waals surface area contributed by atoms with E-state index in [1.165, 1.54) is 0 Å². The molecule has 72 valence electrons. The minimum atomic E-state index is -0.629. The fourth-order valence-corrected chi connectivity index (χ4v) is 1.13. The van der Waals surface area contributed by atoms with Crippen LogP contribution in [-0.4, -0.2) is 30.3 Å². The molecule has 3 N–H and O–H groups in total. The highest BCUT2D eigenvalue weighted by Gasteiger charge is 2.17. The predicted molar refractivity (Wildman–Crippen MR) is 53.1 cm³/mol. The lowest BCUT2D eigenvalue weighted by atomic mass is 10.1. The van der Waals surface area contributed by atoms with Crippen LogP contribution in [0.5, 0.6) is 0 Å². The molecule has 0 unspecified atom stereocenters. The van der Waals surface area contributed by atoms with Gasteiger partial charge in [0.25, 0.3) is 0 Å². The largest absolute Gasteiger partial charge is 0.385 e. The molecule has 0 aliphatic carbocycles. The highest BCUT2D eigenvalue weighted by atomic mass is 16.3. The third kappa shape index (κ3) is 2.52. The van der Waals surface area contributed by atoms with Gasteiger partial charge in [-0.1, -0.05) is 30.3 Å². The van der Waals surface area contributed by atoms with Crippen molar-refractivity contribution in [3.63, 3.8) is 0 Å². The molecular weight excluding hydrogens is 164 g/mol. The lowest BCUT2D eigenvalue weighted by molar-refractivity contribution is 0.0792. The minimum absolute atomic E-state index is 0.359. The van der Waals surface area contributed by atoms with E-state index in [2.05, 4.69) is 0 Å². The third-order valence-electron chi connectivity index (χ3n) is 2.06. The number of rotatable bonds is 3. The quantitative estimate of drug-likeness (QED) is 0.668. The molecule has 1 rings (SSSR count). The van der Waals surface area contributed by atoms with Crippen LogP contribution in [0.3, 0.4) is 0 Å². The lowest BCUT2D eigenvalue weighted by Crippen LogP contribution is -2.41. The van der Waals surface area contributed by atoms with Gasteiger partial charge in [0.05, 0.1) is 6.17 Å². The van der Waals surface area contributed by atoms with Gasteiger partial charge in [-0.3, -0.25) is 4.90 Å². The Morgan fingerprint density at radius 1 is 1.23 bits per heavy atom. The number of nitrogens with zero attached hydrogens (tertiary/aromatic N) is 1. The van der Waals surface area contributed by atoms with E-state index in [1.54, 1.807) is 4.90 Å². The van der Waals surface area contributed by atoms with Crippen LogP contribution >= 0.6 is 0 Å². The fraction of sp³-hybridized carbons (Fsp3) is 0.400. The molecule has 0 heterocycles. The summed E-state index contributed by atoms with van der Waals surface area (Å²) in [5, 5.41) is 9.79. The molecule has 0 fully saturated rings. The van der Waals surface area contributed by atoms with Gasteiger partial charge in [0.15, 0.2) is 0 Å². The minimum Gasteiger partial charge on any atom is -0.385 e. The zero-order chi connectivity index (χ0) is 9.84. The van der Waals surface area contributed by atoms with E-state index in [0.717, 1.165) is 5.56 Å². The van der Waals surface area contributed by atoms with Crippen LogP contribution < -0.4 is 5.73 Å². The maximum atomic E-state index is 9.79. The molecule has 3 nitrogen and oxygen atoms in total. The van der Waals surface area contributed by atoms with Gasteiger partial charge in [0, 0.05) is 0 Å². The highest BCUT2D eigenvalue weighted by Crippen LogP contribution is 2.15. The van der Waals surface area contributed by atoms with Gasteiger partial charge in [-0.25, -0.2) is 0 Å². The van der Waals surface area contributed by atoms with Gasteiger partial charge in [0.2, 0.25) is 0 Å². The van der Waals surface area contributed by atoms with Crippen LogP contribution in [0.2, 0.25) is 0 Å². The second kappa shape index (κ2) is 4.37. The average molecular weight is 180 g/mol. The number of aliphatic hydroxyl groups is 1. The van der Waals surface area contributed by atoms with Crippen LogP contribution in [0, 0.1) is 0 Å². The summed E-state index contributed by atoms with van der Waals surface area (Å²) in [6.07, 6.45) is -0.987. The van der Waals surface area contributed by atoms with Crippen molar-refractivity contribution in [2.45, 2.75) is 12.3 Å². The molecule has 0 aromatic heterocycles. The topological polar surface area (TPSA) is 49.5 Å². The maximum absolute atomic E-state index is 9.79.